The summed E-state index contributed by atoms with van der Waals surface area (Å²) in [6, 6.07) is -4.65. The molecule has 0 spiro atoms. The molecule has 0 saturated heterocycles. The molecule has 0 heterocycles. The second-order valence-corrected chi connectivity index (χ2v) is 9.54. The van der Waals surface area contributed by atoms with Crippen LogP contribution in [0.25, 0.3) is 0 Å². The highest BCUT2D eigenvalue weighted by atomic mass is 32.2. The van der Waals surface area contributed by atoms with E-state index in [1.807, 2.05) is 6.26 Å². The third kappa shape index (κ3) is 13.6. The molecular weight excluding hydrogens is 486 g/mol. The number of carbonyl (C=O) groups is 5. The van der Waals surface area contributed by atoms with Crippen molar-refractivity contribution in [1.82, 2.24) is 16.0 Å². The van der Waals surface area contributed by atoms with Crippen molar-refractivity contribution in [3.05, 3.63) is 0 Å². The van der Waals surface area contributed by atoms with Crippen LogP contribution < -0.4 is 27.4 Å². The minimum Gasteiger partial charge on any atom is -0.481 e. The van der Waals surface area contributed by atoms with E-state index in [0.717, 1.165) is 0 Å². The highest BCUT2D eigenvalue weighted by molar-refractivity contribution is 7.98. The normalized spacial score (nSPS) is 14.4. The molecule has 14 heteroatoms. The molecule has 0 aliphatic heterocycles. The summed E-state index contributed by atoms with van der Waals surface area (Å²) >= 11 is 2.91. The lowest BCUT2D eigenvalue weighted by atomic mass is 10.1. The number of amides is 3. The van der Waals surface area contributed by atoms with E-state index in [4.69, 9.17) is 11.5 Å². The van der Waals surface area contributed by atoms with Crippen LogP contribution in [0.4, 0.5) is 0 Å². The first-order valence-electron chi connectivity index (χ1n) is 10.9. The second-order valence-electron chi connectivity index (χ2n) is 7.57. The molecule has 0 aromatic carbocycles. The predicted octanol–water partition coefficient (Wildman–Crippen LogP) is -1.04. The third-order valence-electron chi connectivity index (χ3n) is 4.79. The lowest BCUT2D eigenvalue weighted by Gasteiger charge is -2.24. The summed E-state index contributed by atoms with van der Waals surface area (Å²) in [7, 11) is 0. The largest absolute Gasteiger partial charge is 0.481 e. The Morgan fingerprint density at radius 2 is 1.29 bits per heavy atom. The molecule has 0 aromatic heterocycles. The van der Waals surface area contributed by atoms with Crippen molar-refractivity contribution in [3.63, 3.8) is 0 Å². The topological polar surface area (TPSA) is 214 Å². The van der Waals surface area contributed by atoms with Gasteiger partial charge in [-0.15, -0.1) is 0 Å². The van der Waals surface area contributed by atoms with Gasteiger partial charge < -0.3 is 37.6 Å². The van der Waals surface area contributed by atoms with Gasteiger partial charge >= 0.3 is 11.9 Å². The lowest BCUT2D eigenvalue weighted by molar-refractivity contribution is -0.143. The maximum absolute atomic E-state index is 12.8. The molecule has 4 atom stereocenters. The number of carboxylic acid groups (broad SMARTS) is 2. The van der Waals surface area contributed by atoms with Crippen LogP contribution >= 0.6 is 23.5 Å². The molecular formula is C20H37N5O7S2. The Morgan fingerprint density at radius 3 is 1.82 bits per heavy atom. The van der Waals surface area contributed by atoms with Gasteiger partial charge in [-0.2, -0.15) is 23.5 Å². The van der Waals surface area contributed by atoms with Crippen LogP contribution in [0, 0.1) is 0 Å². The Kier molecular flexibility index (Phi) is 17.2. The van der Waals surface area contributed by atoms with Crippen LogP contribution in [0.3, 0.4) is 0 Å². The van der Waals surface area contributed by atoms with Crippen molar-refractivity contribution in [2.24, 2.45) is 11.5 Å². The molecule has 9 N–H and O–H groups in total. The number of unbranched alkanes of at least 4 members (excludes halogenated alkanes) is 1. The number of rotatable bonds is 19. The number of hydrogen-bond donors (Lipinski definition) is 7. The monoisotopic (exact) mass is 523 g/mol. The Morgan fingerprint density at radius 1 is 0.765 bits per heavy atom. The van der Waals surface area contributed by atoms with Crippen molar-refractivity contribution in [3.8, 4) is 0 Å². The fourth-order valence-electron chi connectivity index (χ4n) is 2.84. The van der Waals surface area contributed by atoms with Gasteiger partial charge in [0.05, 0.1) is 12.5 Å². The molecule has 0 bridgehead atoms. The number of carbonyl (C=O) groups excluding carboxylic acids is 3. The average Bonchev–Trinajstić information content (AvgIpc) is 2.78. The molecule has 0 rings (SSSR count). The Labute approximate surface area is 208 Å². The zero-order chi connectivity index (χ0) is 26.1. The Bertz CT molecular complexity index is 684. The SMILES string of the molecule is CSCCC(N)C(=O)NC(CC(=O)O)C(=O)NC(CCCCN)C(=O)NC(CCSC)C(=O)O. The van der Waals surface area contributed by atoms with Crippen molar-refractivity contribution >= 4 is 53.2 Å². The van der Waals surface area contributed by atoms with Crippen molar-refractivity contribution in [2.75, 3.05) is 30.6 Å². The van der Waals surface area contributed by atoms with E-state index in [2.05, 4.69) is 16.0 Å². The molecule has 3 amide bonds. The van der Waals surface area contributed by atoms with E-state index in [1.54, 1.807) is 6.26 Å². The standard InChI is InChI=1S/C20H37N5O7S2/c1-33-9-6-12(22)17(28)25-15(11-16(26)27)19(30)23-13(5-3-4-8-21)18(29)24-14(20(31)32)7-10-34-2/h12-15H,3-11,21-22H2,1-2H3,(H,23,30)(H,24,29)(H,25,28)(H,26,27)(H,31,32). The Balaban J connectivity index is 5.45. The predicted molar refractivity (Wildman–Crippen MR) is 133 cm³/mol. The summed E-state index contributed by atoms with van der Waals surface area (Å²) in [6.07, 6.45) is 4.65. The van der Waals surface area contributed by atoms with Gasteiger partial charge in [0.1, 0.15) is 18.1 Å². The van der Waals surface area contributed by atoms with Gasteiger partial charge in [-0.05, 0) is 62.7 Å². The summed E-state index contributed by atoms with van der Waals surface area (Å²) in [5, 5.41) is 25.8. The molecule has 34 heavy (non-hydrogen) atoms. The average molecular weight is 524 g/mol. The fourth-order valence-corrected chi connectivity index (χ4v) is 3.80. The van der Waals surface area contributed by atoms with Crippen LogP contribution in [0.5, 0.6) is 0 Å². The van der Waals surface area contributed by atoms with E-state index in [9.17, 15) is 34.2 Å². The minimum atomic E-state index is -1.46. The number of hydrogen-bond acceptors (Lipinski definition) is 9. The van der Waals surface area contributed by atoms with Crippen LogP contribution in [-0.2, 0) is 24.0 Å². The van der Waals surface area contributed by atoms with Gasteiger partial charge in [0, 0.05) is 0 Å². The Hall–Kier alpha value is -2.03. The number of thioether (sulfide) groups is 2. The number of nitrogens with two attached hydrogens (primary N) is 2. The summed E-state index contributed by atoms with van der Waals surface area (Å²) < 4.78 is 0. The van der Waals surface area contributed by atoms with Crippen LogP contribution in [0.1, 0.15) is 38.5 Å². The van der Waals surface area contributed by atoms with E-state index < -0.39 is 60.2 Å². The van der Waals surface area contributed by atoms with Gasteiger partial charge in [0.2, 0.25) is 17.7 Å². The first kappa shape index (κ1) is 32.0. The van der Waals surface area contributed by atoms with Gasteiger partial charge in [-0.1, -0.05) is 0 Å². The highest BCUT2D eigenvalue weighted by Crippen LogP contribution is 2.07. The van der Waals surface area contributed by atoms with Gasteiger partial charge in [0.25, 0.3) is 0 Å². The van der Waals surface area contributed by atoms with Crippen LogP contribution in [-0.4, -0.2) is 94.6 Å². The number of aliphatic carboxylic acids is 2. The smallest absolute Gasteiger partial charge is 0.326 e. The second kappa shape index (κ2) is 18.3. The van der Waals surface area contributed by atoms with Gasteiger partial charge in [0.15, 0.2) is 0 Å². The van der Waals surface area contributed by atoms with Gasteiger partial charge in [-0.25, -0.2) is 4.79 Å². The van der Waals surface area contributed by atoms with Crippen molar-refractivity contribution < 1.29 is 34.2 Å². The van der Waals surface area contributed by atoms with E-state index >= 15 is 0 Å². The van der Waals surface area contributed by atoms with Crippen LogP contribution in [0.2, 0.25) is 0 Å². The molecule has 0 radical (unpaired) electrons. The maximum atomic E-state index is 12.8. The first-order valence-corrected chi connectivity index (χ1v) is 13.6. The van der Waals surface area contributed by atoms with E-state index in [0.29, 0.717) is 37.3 Å². The summed E-state index contributed by atoms with van der Waals surface area (Å²) in [5.41, 5.74) is 11.3. The quantitative estimate of drug-likeness (QED) is 0.102. The summed E-state index contributed by atoms with van der Waals surface area (Å²) in [6.45, 7) is 0.361. The molecule has 0 aromatic rings. The molecule has 0 saturated carbocycles. The molecule has 0 aliphatic carbocycles. The molecule has 0 aliphatic rings. The third-order valence-corrected chi connectivity index (χ3v) is 6.07. The van der Waals surface area contributed by atoms with Crippen molar-refractivity contribution in [1.29, 1.82) is 0 Å². The minimum absolute atomic E-state index is 0.157. The van der Waals surface area contributed by atoms with E-state index in [1.165, 1.54) is 23.5 Å². The van der Waals surface area contributed by atoms with E-state index in [-0.39, 0.29) is 12.8 Å². The number of carboxylic acids is 2. The van der Waals surface area contributed by atoms with Gasteiger partial charge in [-0.3, -0.25) is 19.2 Å². The zero-order valence-electron chi connectivity index (χ0n) is 19.6. The first-order chi connectivity index (χ1) is 16.1. The molecule has 12 nitrogen and oxygen atoms in total. The summed E-state index contributed by atoms with van der Waals surface area (Å²) in [4.78, 5) is 60.7. The maximum Gasteiger partial charge on any atom is 0.326 e. The van der Waals surface area contributed by atoms with Crippen molar-refractivity contribution in [2.45, 2.75) is 62.7 Å². The molecule has 0 fully saturated rings. The zero-order valence-corrected chi connectivity index (χ0v) is 21.2. The molecule has 4 unspecified atom stereocenters. The van der Waals surface area contributed by atoms with Crippen LogP contribution in [0.15, 0.2) is 0 Å². The fraction of sp³-hybridized carbons (Fsp3) is 0.750. The summed E-state index contributed by atoms with van der Waals surface area (Å²) in [5.74, 6) is -3.69. The highest BCUT2D eigenvalue weighted by Gasteiger charge is 2.31. The number of nitrogens with one attached hydrogen (secondary N) is 3. The lowest BCUT2D eigenvalue weighted by Crippen LogP contribution is -2.57. The molecule has 196 valence electrons.